The lowest BCUT2D eigenvalue weighted by atomic mass is 10.5. The lowest BCUT2D eigenvalue weighted by molar-refractivity contribution is 0.0447. The van der Waals surface area contributed by atoms with Crippen molar-refractivity contribution in [2.24, 2.45) is 0 Å². The molecule has 0 heterocycles. The van der Waals surface area contributed by atoms with Gasteiger partial charge >= 0.3 is 6.16 Å². The largest absolute Gasteiger partial charge is 0.550 e. The van der Waals surface area contributed by atoms with Gasteiger partial charge in [0.1, 0.15) is 0 Å². The fraction of sp³-hybridized carbons (Fsp3) is 0.750. The van der Waals surface area contributed by atoms with Crippen molar-refractivity contribution < 1.29 is 14.6 Å². The van der Waals surface area contributed by atoms with Crippen LogP contribution >= 0.6 is 0 Å². The van der Waals surface area contributed by atoms with Crippen molar-refractivity contribution in [3.8, 4) is 0 Å². The molecular weight excluding hydrogens is 96.0 g/mol. The van der Waals surface area contributed by atoms with Crippen LogP contribution in [-0.2, 0) is 9.84 Å². The van der Waals surface area contributed by atoms with E-state index in [2.05, 4.69) is 4.74 Å². The lowest BCUT2D eigenvalue weighted by Crippen LogP contribution is -2.06. The van der Waals surface area contributed by atoms with Gasteiger partial charge in [-0.3, -0.25) is 0 Å². The molecule has 0 bridgehead atoms. The van der Waals surface area contributed by atoms with Crippen LogP contribution in [0.1, 0.15) is 13.8 Å². The fourth-order valence-corrected chi connectivity index (χ4v) is 0.192. The van der Waals surface area contributed by atoms with Crippen LogP contribution in [0.25, 0.3) is 0 Å². The van der Waals surface area contributed by atoms with E-state index >= 15 is 0 Å². The Labute approximate surface area is 41.9 Å². The summed E-state index contributed by atoms with van der Waals surface area (Å²) >= 11 is 0. The molecule has 3 nitrogen and oxygen atoms in total. The van der Waals surface area contributed by atoms with Gasteiger partial charge < -0.3 is 4.74 Å². The molecule has 3 heteroatoms. The molecule has 41 valence electrons. The van der Waals surface area contributed by atoms with Gasteiger partial charge in [0.25, 0.3) is 0 Å². The van der Waals surface area contributed by atoms with Crippen molar-refractivity contribution in [3.05, 3.63) is 0 Å². The summed E-state index contributed by atoms with van der Waals surface area (Å²) in [7, 11) is 0. The van der Waals surface area contributed by atoms with Crippen molar-refractivity contribution in [2.75, 3.05) is 0 Å². The Morgan fingerprint density at radius 2 is 2.00 bits per heavy atom. The molecule has 0 rings (SSSR count). The van der Waals surface area contributed by atoms with E-state index in [1.807, 2.05) is 0 Å². The number of carbonyl (C=O) groups is 1. The Morgan fingerprint density at radius 1 is 1.57 bits per heavy atom. The predicted octanol–water partition coefficient (Wildman–Crippen LogP) is 0.962. The van der Waals surface area contributed by atoms with Gasteiger partial charge in [-0.05, 0) is 13.8 Å². The summed E-state index contributed by atoms with van der Waals surface area (Å²) in [6.07, 6.45) is -1.75. The molecule has 0 saturated heterocycles. The molecule has 0 atom stereocenters. The molecule has 0 aromatic rings. The van der Waals surface area contributed by atoms with Gasteiger partial charge in [-0.2, -0.15) is 9.90 Å². The zero-order valence-electron chi connectivity index (χ0n) is 4.30. The van der Waals surface area contributed by atoms with E-state index in [9.17, 15) is 9.90 Å². The summed E-state index contributed by atoms with van der Waals surface area (Å²) in [6, 6.07) is 0. The molecule has 0 fully saturated rings. The summed E-state index contributed by atoms with van der Waals surface area (Å²) < 4.78 is 4.06. The zero-order valence-corrected chi connectivity index (χ0v) is 4.30. The molecule has 0 aliphatic carbocycles. The number of carbonyl (C=O) groups excluding carboxylic acids is 1. The second-order valence-electron chi connectivity index (χ2n) is 1.42. The molecule has 0 aliphatic heterocycles. The summed E-state index contributed by atoms with van der Waals surface area (Å²) in [4.78, 5) is 9.48. The highest BCUT2D eigenvalue weighted by Crippen LogP contribution is 1.86. The third-order valence-electron chi connectivity index (χ3n) is 0.332. The Balaban J connectivity index is 3.13. The van der Waals surface area contributed by atoms with E-state index < -0.39 is 6.16 Å². The van der Waals surface area contributed by atoms with Crippen LogP contribution in [0, 0.1) is 0 Å². The Kier molecular flexibility index (Phi) is 2.19. The quantitative estimate of drug-likeness (QED) is 0.464. The van der Waals surface area contributed by atoms with Crippen molar-refractivity contribution >= 4 is 6.16 Å². The van der Waals surface area contributed by atoms with Crippen LogP contribution in [-0.4, -0.2) is 12.3 Å². The standard InChI is InChI=1S/C4H7O3/c1-3(2)7-4(5)6/h3H,1-2H3. The number of ether oxygens (including phenoxy) is 1. The summed E-state index contributed by atoms with van der Waals surface area (Å²) in [6.45, 7) is 3.24. The van der Waals surface area contributed by atoms with Crippen molar-refractivity contribution in [1.29, 1.82) is 0 Å². The van der Waals surface area contributed by atoms with Gasteiger partial charge in [0.05, 0.1) is 6.10 Å². The first-order valence-electron chi connectivity index (χ1n) is 2.00. The minimum atomic E-state index is -1.46. The topological polar surface area (TPSA) is 46.2 Å². The van der Waals surface area contributed by atoms with Gasteiger partial charge in [-0.1, -0.05) is 0 Å². The normalized spacial score (nSPS) is 9.00. The van der Waals surface area contributed by atoms with Crippen molar-refractivity contribution in [1.82, 2.24) is 0 Å². The minimum absolute atomic E-state index is 0.287. The maximum atomic E-state index is 9.48. The molecule has 0 aromatic heterocycles. The zero-order chi connectivity index (χ0) is 5.86. The summed E-state index contributed by atoms with van der Waals surface area (Å²) in [5.41, 5.74) is 0. The Morgan fingerprint density at radius 3 is 2.00 bits per heavy atom. The SMILES string of the molecule is CC(C)OC([O])=O. The highest BCUT2D eigenvalue weighted by atomic mass is 16.7. The van der Waals surface area contributed by atoms with Crippen LogP contribution in [0.4, 0.5) is 4.79 Å². The van der Waals surface area contributed by atoms with E-state index in [4.69, 9.17) is 0 Å². The Hall–Kier alpha value is -0.730. The molecule has 0 aliphatic rings. The molecule has 0 spiro atoms. The van der Waals surface area contributed by atoms with Crippen LogP contribution in [0.15, 0.2) is 0 Å². The lowest BCUT2D eigenvalue weighted by Gasteiger charge is -1.97. The van der Waals surface area contributed by atoms with Gasteiger partial charge in [0.15, 0.2) is 0 Å². The second-order valence-corrected chi connectivity index (χ2v) is 1.42. The molecule has 0 amide bonds. The minimum Gasteiger partial charge on any atom is -0.429 e. The third-order valence-corrected chi connectivity index (χ3v) is 0.332. The van der Waals surface area contributed by atoms with Gasteiger partial charge in [0, 0.05) is 0 Å². The number of hydrogen-bond acceptors (Lipinski definition) is 2. The number of rotatable bonds is 1. The van der Waals surface area contributed by atoms with Gasteiger partial charge in [-0.25, -0.2) is 0 Å². The first-order valence-corrected chi connectivity index (χ1v) is 2.00. The first-order chi connectivity index (χ1) is 3.13. The van der Waals surface area contributed by atoms with Gasteiger partial charge in [0.2, 0.25) is 0 Å². The molecule has 0 unspecified atom stereocenters. The number of hydrogen-bond donors (Lipinski definition) is 0. The molecule has 0 aromatic carbocycles. The van der Waals surface area contributed by atoms with Crippen molar-refractivity contribution in [3.63, 3.8) is 0 Å². The van der Waals surface area contributed by atoms with E-state index in [0.717, 1.165) is 0 Å². The molecule has 0 N–H and O–H groups in total. The molecule has 0 saturated carbocycles. The second kappa shape index (κ2) is 2.44. The molecule has 7 heavy (non-hydrogen) atoms. The van der Waals surface area contributed by atoms with Crippen LogP contribution in [0.3, 0.4) is 0 Å². The molecular formula is C4H7O3. The van der Waals surface area contributed by atoms with E-state index in [-0.39, 0.29) is 6.10 Å². The summed E-state index contributed by atoms with van der Waals surface area (Å²) in [5, 5.41) is 9.48. The average Bonchev–Trinajstić information content (AvgIpc) is 1.27. The summed E-state index contributed by atoms with van der Waals surface area (Å²) in [5.74, 6) is 0. The Bertz CT molecular complexity index is 67.3. The van der Waals surface area contributed by atoms with E-state index in [1.54, 1.807) is 13.8 Å². The van der Waals surface area contributed by atoms with E-state index in [0.29, 0.717) is 0 Å². The third kappa shape index (κ3) is 5.27. The van der Waals surface area contributed by atoms with Crippen LogP contribution in [0.2, 0.25) is 0 Å². The first kappa shape index (κ1) is 6.27. The maximum Gasteiger partial charge on any atom is 0.550 e. The van der Waals surface area contributed by atoms with Crippen LogP contribution < -0.4 is 0 Å². The van der Waals surface area contributed by atoms with E-state index in [1.165, 1.54) is 0 Å². The smallest absolute Gasteiger partial charge is 0.429 e. The highest BCUT2D eigenvalue weighted by molar-refractivity contribution is 5.56. The fourth-order valence-electron chi connectivity index (χ4n) is 0.192. The monoisotopic (exact) mass is 103 g/mol. The predicted molar refractivity (Wildman–Crippen MR) is 22.3 cm³/mol. The maximum absolute atomic E-state index is 9.48. The average molecular weight is 103 g/mol. The van der Waals surface area contributed by atoms with Crippen molar-refractivity contribution in [2.45, 2.75) is 20.0 Å². The van der Waals surface area contributed by atoms with Gasteiger partial charge in [-0.15, -0.1) is 0 Å². The highest BCUT2D eigenvalue weighted by Gasteiger charge is 2.00. The molecule has 1 radical (unpaired) electrons. The van der Waals surface area contributed by atoms with Crippen LogP contribution in [0.5, 0.6) is 0 Å².